The van der Waals surface area contributed by atoms with Crippen molar-refractivity contribution in [1.29, 1.82) is 0 Å². The van der Waals surface area contributed by atoms with Crippen LogP contribution in [0.5, 0.6) is 0 Å². The Morgan fingerprint density at radius 1 is 1.09 bits per heavy atom. The van der Waals surface area contributed by atoms with Gasteiger partial charge in [-0.3, -0.25) is 39.2 Å². The average Bonchev–Trinajstić information content (AvgIpc) is 3.36. The molecule has 9 heteroatoms. The highest BCUT2D eigenvalue weighted by Gasteiger charge is 2.46. The van der Waals surface area contributed by atoms with Crippen LogP contribution >= 0.6 is 0 Å². The predicted octanol–water partition coefficient (Wildman–Crippen LogP) is 0.901. The maximum atomic E-state index is 13.1. The number of hydrogen-bond donors (Lipinski definition) is 2. The first kappa shape index (κ1) is 20.0. The van der Waals surface area contributed by atoms with Gasteiger partial charge in [0.15, 0.2) is 0 Å². The zero-order valence-electron chi connectivity index (χ0n) is 17.1. The van der Waals surface area contributed by atoms with Gasteiger partial charge in [0.1, 0.15) is 6.04 Å². The Morgan fingerprint density at radius 3 is 2.75 bits per heavy atom. The van der Waals surface area contributed by atoms with Crippen LogP contribution in [0.25, 0.3) is 0 Å². The van der Waals surface area contributed by atoms with E-state index in [9.17, 15) is 24.0 Å². The largest absolute Gasteiger partial charge is 0.348 e. The molecule has 0 spiro atoms. The molecular formula is C23H20N4O5. The molecule has 1 atom stereocenters. The Balaban J connectivity index is 1.39. The predicted molar refractivity (Wildman–Crippen MR) is 111 cm³/mol. The smallest absolute Gasteiger partial charge is 0.263 e. The SMILES string of the molecule is O=C1CCC(N2C(=O)c3cccc(C(=O)NCc4cncc5c4CCC5)c3C2=O)C(=O)N1. The number of hydrogen-bond acceptors (Lipinski definition) is 6. The molecule has 32 heavy (non-hydrogen) atoms. The van der Waals surface area contributed by atoms with E-state index in [0.717, 1.165) is 29.7 Å². The second-order valence-electron chi connectivity index (χ2n) is 8.15. The first-order valence-electron chi connectivity index (χ1n) is 10.5. The number of benzene rings is 1. The van der Waals surface area contributed by atoms with E-state index in [-0.39, 0.29) is 36.1 Å². The molecule has 5 rings (SSSR count). The summed E-state index contributed by atoms with van der Waals surface area (Å²) < 4.78 is 0. The Kier molecular flexibility index (Phi) is 4.80. The molecule has 0 radical (unpaired) electrons. The first-order chi connectivity index (χ1) is 15.5. The third kappa shape index (κ3) is 3.17. The number of carbonyl (C=O) groups is 5. The molecule has 162 valence electrons. The zero-order chi connectivity index (χ0) is 22.4. The van der Waals surface area contributed by atoms with Crippen molar-refractivity contribution in [3.8, 4) is 0 Å². The highest BCUT2D eigenvalue weighted by atomic mass is 16.2. The van der Waals surface area contributed by atoms with Crippen molar-refractivity contribution in [2.24, 2.45) is 0 Å². The second kappa shape index (κ2) is 7.67. The van der Waals surface area contributed by atoms with E-state index in [4.69, 9.17) is 0 Å². The maximum Gasteiger partial charge on any atom is 0.263 e. The topological polar surface area (TPSA) is 126 Å². The molecule has 1 fully saturated rings. The van der Waals surface area contributed by atoms with E-state index >= 15 is 0 Å². The minimum Gasteiger partial charge on any atom is -0.348 e. The van der Waals surface area contributed by atoms with Gasteiger partial charge in [0.25, 0.3) is 17.7 Å². The van der Waals surface area contributed by atoms with E-state index in [1.165, 1.54) is 29.3 Å². The molecule has 5 amide bonds. The number of nitrogens with zero attached hydrogens (tertiary/aromatic N) is 2. The number of aryl methyl sites for hydroxylation is 1. The number of fused-ring (bicyclic) bond motifs is 2. The highest BCUT2D eigenvalue weighted by Crippen LogP contribution is 2.30. The highest BCUT2D eigenvalue weighted by molar-refractivity contribution is 6.26. The standard InChI is InChI=1S/C23H20N4O5/c28-18-8-7-17(21(30)26-18)27-22(31)16-6-2-5-15(19(16)23(27)32)20(29)25-11-13-10-24-9-12-3-1-4-14(12)13/h2,5-6,9-10,17H,1,3-4,7-8,11H2,(H,25,29)(H,26,28,30). The van der Waals surface area contributed by atoms with Crippen LogP contribution in [0, 0.1) is 0 Å². The van der Waals surface area contributed by atoms with Crippen molar-refractivity contribution >= 4 is 29.5 Å². The normalized spacial score (nSPS) is 19.6. The van der Waals surface area contributed by atoms with Crippen LogP contribution in [0.1, 0.15) is 67.0 Å². The Morgan fingerprint density at radius 2 is 1.94 bits per heavy atom. The fraction of sp³-hybridized carbons (Fsp3) is 0.304. The molecule has 1 saturated heterocycles. The number of amides is 5. The van der Waals surface area contributed by atoms with Crippen molar-refractivity contribution in [3.05, 3.63) is 64.0 Å². The lowest BCUT2D eigenvalue weighted by molar-refractivity contribution is -0.136. The monoisotopic (exact) mass is 432 g/mol. The molecule has 1 aliphatic carbocycles. The van der Waals surface area contributed by atoms with Crippen molar-refractivity contribution in [3.63, 3.8) is 0 Å². The van der Waals surface area contributed by atoms with Crippen LogP contribution in [0.15, 0.2) is 30.6 Å². The average molecular weight is 432 g/mol. The molecule has 2 N–H and O–H groups in total. The van der Waals surface area contributed by atoms with Crippen LogP contribution in [-0.4, -0.2) is 45.5 Å². The van der Waals surface area contributed by atoms with Crippen LogP contribution in [0.4, 0.5) is 0 Å². The zero-order valence-corrected chi connectivity index (χ0v) is 17.1. The molecule has 9 nitrogen and oxygen atoms in total. The molecule has 3 aliphatic rings. The van der Waals surface area contributed by atoms with E-state index in [0.29, 0.717) is 0 Å². The van der Waals surface area contributed by atoms with Gasteiger partial charge in [0.2, 0.25) is 11.8 Å². The van der Waals surface area contributed by atoms with Crippen molar-refractivity contribution in [2.75, 3.05) is 0 Å². The molecule has 1 aromatic carbocycles. The van der Waals surface area contributed by atoms with E-state index in [2.05, 4.69) is 15.6 Å². The van der Waals surface area contributed by atoms with Gasteiger partial charge in [-0.2, -0.15) is 0 Å². The third-order valence-corrected chi connectivity index (χ3v) is 6.26. The molecule has 0 saturated carbocycles. The summed E-state index contributed by atoms with van der Waals surface area (Å²) in [4.78, 5) is 67.8. The lowest BCUT2D eigenvalue weighted by Gasteiger charge is -2.27. The van der Waals surface area contributed by atoms with Gasteiger partial charge < -0.3 is 5.32 Å². The summed E-state index contributed by atoms with van der Waals surface area (Å²) in [5.41, 5.74) is 3.47. The number of carbonyl (C=O) groups excluding carboxylic acids is 5. The minimum absolute atomic E-state index is 0.0175. The lowest BCUT2D eigenvalue weighted by Crippen LogP contribution is -2.54. The van der Waals surface area contributed by atoms with Crippen LogP contribution in [0.2, 0.25) is 0 Å². The summed E-state index contributed by atoms with van der Waals surface area (Å²) in [5, 5.41) is 5.00. The first-order valence-corrected chi connectivity index (χ1v) is 10.5. The van der Waals surface area contributed by atoms with E-state index in [1.54, 1.807) is 6.20 Å². The molecule has 1 unspecified atom stereocenters. The molecule has 2 aliphatic heterocycles. The van der Waals surface area contributed by atoms with Gasteiger partial charge >= 0.3 is 0 Å². The number of aromatic nitrogens is 1. The number of piperidine rings is 1. The number of nitrogens with one attached hydrogen (secondary N) is 2. The van der Waals surface area contributed by atoms with Crippen LogP contribution in [-0.2, 0) is 29.0 Å². The van der Waals surface area contributed by atoms with Crippen LogP contribution in [0.3, 0.4) is 0 Å². The molecule has 1 aromatic heterocycles. The van der Waals surface area contributed by atoms with Gasteiger partial charge in [-0.1, -0.05) is 6.07 Å². The summed E-state index contributed by atoms with van der Waals surface area (Å²) in [5.74, 6) is -2.95. The van der Waals surface area contributed by atoms with Crippen molar-refractivity contribution < 1.29 is 24.0 Å². The number of pyridine rings is 1. The molecule has 3 heterocycles. The summed E-state index contributed by atoms with van der Waals surface area (Å²) >= 11 is 0. The van der Waals surface area contributed by atoms with Gasteiger partial charge in [-0.05, 0) is 54.5 Å². The Labute approximate surface area is 183 Å². The van der Waals surface area contributed by atoms with Crippen LogP contribution < -0.4 is 10.6 Å². The Bertz CT molecular complexity index is 1200. The van der Waals surface area contributed by atoms with Gasteiger partial charge in [-0.15, -0.1) is 0 Å². The number of rotatable bonds is 4. The van der Waals surface area contributed by atoms with Crippen molar-refractivity contribution in [1.82, 2.24) is 20.5 Å². The summed E-state index contributed by atoms with van der Waals surface area (Å²) in [6.07, 6.45) is 6.66. The van der Waals surface area contributed by atoms with Gasteiger partial charge in [-0.25, -0.2) is 0 Å². The number of imide groups is 2. The molecule has 2 aromatic rings. The summed E-state index contributed by atoms with van der Waals surface area (Å²) in [6, 6.07) is 3.41. The van der Waals surface area contributed by atoms with Gasteiger partial charge in [0.05, 0.1) is 16.7 Å². The molecular weight excluding hydrogens is 412 g/mol. The van der Waals surface area contributed by atoms with Crippen molar-refractivity contribution in [2.45, 2.75) is 44.7 Å². The summed E-state index contributed by atoms with van der Waals surface area (Å²) in [7, 11) is 0. The van der Waals surface area contributed by atoms with E-state index in [1.807, 2.05) is 6.20 Å². The fourth-order valence-electron chi connectivity index (χ4n) is 4.70. The second-order valence-corrected chi connectivity index (χ2v) is 8.15. The Hall–Kier alpha value is -3.88. The van der Waals surface area contributed by atoms with E-state index < -0.39 is 35.6 Å². The minimum atomic E-state index is -1.08. The quantitative estimate of drug-likeness (QED) is 0.692. The fourth-order valence-corrected chi connectivity index (χ4v) is 4.70. The molecule has 0 bridgehead atoms. The lowest BCUT2D eigenvalue weighted by atomic mass is 10.0. The third-order valence-electron chi connectivity index (χ3n) is 6.26. The summed E-state index contributed by atoms with van der Waals surface area (Å²) in [6.45, 7) is 0.262. The van der Waals surface area contributed by atoms with Gasteiger partial charge in [0, 0.05) is 25.4 Å². The maximum absolute atomic E-state index is 13.1.